The molecule has 2 aliphatic carbocycles. The third-order valence-electron chi connectivity index (χ3n) is 14.5. The number of furan rings is 1. The lowest BCUT2D eigenvalue weighted by atomic mass is 9.70. The summed E-state index contributed by atoms with van der Waals surface area (Å²) in [5.74, 6) is 0. The summed E-state index contributed by atoms with van der Waals surface area (Å²) in [6, 6.07) is 91.2. The van der Waals surface area contributed by atoms with Crippen molar-refractivity contribution in [3.05, 3.63) is 271 Å². The molecule has 12 aromatic rings. The van der Waals surface area contributed by atoms with Crippen molar-refractivity contribution < 1.29 is 4.42 Å². The monoisotopic (exact) mass is 851 g/mol. The van der Waals surface area contributed by atoms with E-state index in [0.29, 0.717) is 0 Å². The van der Waals surface area contributed by atoms with Crippen LogP contribution in [0.2, 0.25) is 0 Å². The molecule has 0 saturated heterocycles. The lowest BCUT2D eigenvalue weighted by Crippen LogP contribution is -2.26. The van der Waals surface area contributed by atoms with E-state index in [1.165, 1.54) is 66.4 Å². The van der Waals surface area contributed by atoms with Gasteiger partial charge in [0.1, 0.15) is 11.2 Å². The first-order valence-corrected chi connectivity index (χ1v) is 23.2. The SMILES string of the molecule is c1ccc(-c2cccc3c2oc2ccc(-c4ccc(N(c5ccc(-c6ccc7ccccc7c6)cc5)c5cccc6c5-c5ccccc5C65c6ccccc6-c6ccccc65)cc4)cc23)cc1. The maximum atomic E-state index is 6.56. The molecule has 67 heavy (non-hydrogen) atoms. The molecule has 0 radical (unpaired) electrons. The second-order valence-electron chi connectivity index (χ2n) is 17.9. The number of anilines is 3. The molecule has 14 rings (SSSR count). The van der Waals surface area contributed by atoms with E-state index in [-0.39, 0.29) is 0 Å². The Kier molecular flexibility index (Phi) is 8.23. The Morgan fingerprint density at radius 3 is 1.54 bits per heavy atom. The molecule has 11 aromatic carbocycles. The molecule has 0 unspecified atom stereocenters. The molecule has 2 aliphatic rings. The topological polar surface area (TPSA) is 16.4 Å². The Bertz CT molecular complexity index is 3870. The zero-order valence-electron chi connectivity index (χ0n) is 36.5. The minimum atomic E-state index is -0.442. The Balaban J connectivity index is 0.932. The predicted octanol–water partition coefficient (Wildman–Crippen LogP) is 17.6. The molecule has 1 heterocycles. The lowest BCUT2D eigenvalue weighted by Gasteiger charge is -2.32. The highest BCUT2D eigenvalue weighted by atomic mass is 16.3. The first kappa shape index (κ1) is 37.6. The first-order chi connectivity index (χ1) is 33.2. The quantitative estimate of drug-likeness (QED) is 0.166. The average molecular weight is 852 g/mol. The number of rotatable bonds is 6. The molecule has 0 amide bonds. The molecule has 2 nitrogen and oxygen atoms in total. The zero-order valence-corrected chi connectivity index (χ0v) is 36.5. The van der Waals surface area contributed by atoms with Crippen LogP contribution in [-0.2, 0) is 5.41 Å². The highest BCUT2D eigenvalue weighted by molar-refractivity contribution is 6.11. The maximum Gasteiger partial charge on any atom is 0.143 e. The van der Waals surface area contributed by atoms with Crippen LogP contribution in [0.15, 0.2) is 253 Å². The van der Waals surface area contributed by atoms with Crippen LogP contribution in [0.5, 0.6) is 0 Å². The highest BCUT2D eigenvalue weighted by Gasteiger charge is 2.52. The molecule has 0 atom stereocenters. The molecule has 1 aromatic heterocycles. The first-order valence-electron chi connectivity index (χ1n) is 23.2. The van der Waals surface area contributed by atoms with Crippen LogP contribution >= 0.6 is 0 Å². The van der Waals surface area contributed by atoms with Gasteiger partial charge in [-0.3, -0.25) is 0 Å². The number of hydrogen-bond donors (Lipinski definition) is 0. The molecule has 312 valence electrons. The van der Waals surface area contributed by atoms with Crippen molar-refractivity contribution in [3.63, 3.8) is 0 Å². The van der Waals surface area contributed by atoms with Crippen LogP contribution in [0.25, 0.3) is 88.3 Å². The van der Waals surface area contributed by atoms with Gasteiger partial charge >= 0.3 is 0 Å². The largest absolute Gasteiger partial charge is 0.455 e. The highest BCUT2D eigenvalue weighted by Crippen LogP contribution is 2.64. The van der Waals surface area contributed by atoms with Crippen LogP contribution in [0.3, 0.4) is 0 Å². The van der Waals surface area contributed by atoms with E-state index in [1.54, 1.807) is 0 Å². The van der Waals surface area contributed by atoms with Crippen LogP contribution in [0.1, 0.15) is 22.3 Å². The summed E-state index contributed by atoms with van der Waals surface area (Å²) in [5, 5.41) is 4.73. The summed E-state index contributed by atoms with van der Waals surface area (Å²) in [7, 11) is 0. The van der Waals surface area contributed by atoms with Crippen molar-refractivity contribution in [1.29, 1.82) is 0 Å². The van der Waals surface area contributed by atoms with Crippen molar-refractivity contribution in [2.24, 2.45) is 0 Å². The molecular formula is C65H41NO. The molecule has 1 spiro atoms. The zero-order chi connectivity index (χ0) is 44.1. The summed E-state index contributed by atoms with van der Waals surface area (Å²) < 4.78 is 6.56. The third-order valence-corrected chi connectivity index (χ3v) is 14.5. The molecule has 0 bridgehead atoms. The summed E-state index contributed by atoms with van der Waals surface area (Å²) in [6.45, 7) is 0. The van der Waals surface area contributed by atoms with Gasteiger partial charge in [-0.05, 0) is 126 Å². The van der Waals surface area contributed by atoms with Gasteiger partial charge in [0.25, 0.3) is 0 Å². The van der Waals surface area contributed by atoms with Crippen LogP contribution in [0, 0.1) is 0 Å². The van der Waals surface area contributed by atoms with Crippen LogP contribution in [0.4, 0.5) is 17.1 Å². The molecule has 0 fully saturated rings. The molecule has 0 saturated carbocycles. The van der Waals surface area contributed by atoms with E-state index in [0.717, 1.165) is 61.3 Å². The molecule has 2 heteroatoms. The van der Waals surface area contributed by atoms with E-state index in [9.17, 15) is 0 Å². The van der Waals surface area contributed by atoms with E-state index in [2.05, 4.69) is 254 Å². The van der Waals surface area contributed by atoms with Gasteiger partial charge in [-0.25, -0.2) is 0 Å². The number of para-hydroxylation sites is 1. The fraction of sp³-hybridized carbons (Fsp3) is 0.0154. The molecule has 0 aliphatic heterocycles. The van der Waals surface area contributed by atoms with Crippen molar-refractivity contribution >= 4 is 49.8 Å². The lowest BCUT2D eigenvalue weighted by molar-refractivity contribution is 0.670. The Morgan fingerprint density at radius 1 is 0.313 bits per heavy atom. The minimum absolute atomic E-state index is 0.442. The smallest absolute Gasteiger partial charge is 0.143 e. The van der Waals surface area contributed by atoms with Crippen molar-refractivity contribution in [2.45, 2.75) is 5.41 Å². The van der Waals surface area contributed by atoms with Gasteiger partial charge in [-0.2, -0.15) is 0 Å². The third kappa shape index (κ3) is 5.57. The van der Waals surface area contributed by atoms with Crippen LogP contribution in [-0.4, -0.2) is 0 Å². The van der Waals surface area contributed by atoms with Gasteiger partial charge in [0.2, 0.25) is 0 Å². The van der Waals surface area contributed by atoms with Crippen molar-refractivity contribution in [2.75, 3.05) is 4.90 Å². The minimum Gasteiger partial charge on any atom is -0.455 e. The van der Waals surface area contributed by atoms with Crippen LogP contribution < -0.4 is 4.90 Å². The summed E-state index contributed by atoms with van der Waals surface area (Å²) >= 11 is 0. The van der Waals surface area contributed by atoms with Gasteiger partial charge in [0, 0.05) is 33.3 Å². The van der Waals surface area contributed by atoms with Gasteiger partial charge < -0.3 is 9.32 Å². The maximum absolute atomic E-state index is 6.56. The normalized spacial score (nSPS) is 12.9. The Labute approximate surface area is 389 Å². The number of hydrogen-bond acceptors (Lipinski definition) is 2. The summed E-state index contributed by atoms with van der Waals surface area (Å²) in [4.78, 5) is 2.47. The molecule has 0 N–H and O–H groups in total. The Morgan fingerprint density at radius 2 is 0.836 bits per heavy atom. The number of benzene rings is 11. The predicted molar refractivity (Wildman–Crippen MR) is 279 cm³/mol. The summed E-state index contributed by atoms with van der Waals surface area (Å²) in [6.07, 6.45) is 0. The standard InChI is InChI=1S/C65H41NO/c1-2-15-45(16-3-1)51-21-12-22-54-56-41-48(34-39-62(56)67-64(51)54)44-32-37-50(38-33-44)66(49-35-30-43(31-36-49)47-29-28-42-14-4-5-17-46(42)40-47)61-27-13-26-60-63(61)55-20-8-11-25-59(55)65(60)57-23-9-6-18-52(57)53-19-7-10-24-58(53)65/h1-41H. The van der Waals surface area contributed by atoms with Gasteiger partial charge in [-0.15, -0.1) is 0 Å². The average Bonchev–Trinajstić information content (AvgIpc) is 4.04. The van der Waals surface area contributed by atoms with Gasteiger partial charge in [0.15, 0.2) is 0 Å². The second kappa shape index (κ2) is 14.7. The fourth-order valence-corrected chi connectivity index (χ4v) is 11.5. The Hall–Kier alpha value is -8.72. The number of nitrogens with zero attached hydrogens (tertiary/aromatic N) is 1. The fourth-order valence-electron chi connectivity index (χ4n) is 11.5. The van der Waals surface area contributed by atoms with E-state index >= 15 is 0 Å². The van der Waals surface area contributed by atoms with Crippen molar-refractivity contribution in [1.82, 2.24) is 0 Å². The van der Waals surface area contributed by atoms with Gasteiger partial charge in [0.05, 0.1) is 11.1 Å². The number of fused-ring (bicyclic) bond motifs is 14. The van der Waals surface area contributed by atoms with Gasteiger partial charge in [-0.1, -0.05) is 200 Å². The van der Waals surface area contributed by atoms with E-state index < -0.39 is 5.41 Å². The van der Waals surface area contributed by atoms with E-state index in [4.69, 9.17) is 4.42 Å². The van der Waals surface area contributed by atoms with Crippen molar-refractivity contribution in [3.8, 4) is 55.6 Å². The molecular weight excluding hydrogens is 811 g/mol. The second-order valence-corrected chi connectivity index (χ2v) is 17.9. The van der Waals surface area contributed by atoms with E-state index in [1.807, 2.05) is 0 Å². The summed E-state index contributed by atoms with van der Waals surface area (Å²) in [5.41, 5.74) is 22.1.